The number of hydrogen-bond acceptors (Lipinski definition) is 2. The Morgan fingerprint density at radius 3 is 2.22 bits per heavy atom. The first-order valence-electron chi connectivity index (χ1n) is 7.30. The summed E-state index contributed by atoms with van der Waals surface area (Å²) in [7, 11) is 0. The molecule has 0 spiro atoms. The molecule has 0 radical (unpaired) electrons. The van der Waals surface area contributed by atoms with Crippen molar-refractivity contribution in [1.29, 1.82) is 0 Å². The van der Waals surface area contributed by atoms with Gasteiger partial charge in [-0.2, -0.15) is 0 Å². The Bertz CT molecular complexity index is 447. The first kappa shape index (κ1) is 12.0. The minimum Gasteiger partial charge on any atom is -0.508 e. The summed E-state index contributed by atoms with van der Waals surface area (Å²) in [4.78, 5) is 0. The van der Waals surface area contributed by atoms with Gasteiger partial charge in [-0.15, -0.1) is 0 Å². The van der Waals surface area contributed by atoms with Crippen LogP contribution in [0.1, 0.15) is 55.2 Å². The van der Waals surface area contributed by atoms with Crippen molar-refractivity contribution in [2.45, 2.75) is 56.8 Å². The van der Waals surface area contributed by atoms with Crippen LogP contribution in [0, 0.1) is 0 Å². The van der Waals surface area contributed by atoms with E-state index in [0.717, 1.165) is 24.8 Å². The van der Waals surface area contributed by atoms with Crippen molar-refractivity contribution in [2.75, 3.05) is 6.54 Å². The number of hydrogen-bond donors (Lipinski definition) is 2. The highest BCUT2D eigenvalue weighted by molar-refractivity contribution is 5.47. The standard InChI is InChI=1S/C16H23NO/c17-11-16(7-3-4-8-16)14-9-12-5-1-2-6-13(12)10-15(14)18/h9-10,18H,1-8,11,17H2. The molecule has 1 fully saturated rings. The molecule has 1 aromatic carbocycles. The maximum absolute atomic E-state index is 10.4. The summed E-state index contributed by atoms with van der Waals surface area (Å²) in [5.74, 6) is 0.489. The molecule has 18 heavy (non-hydrogen) atoms. The zero-order chi connectivity index (χ0) is 12.6. The van der Waals surface area contributed by atoms with Gasteiger partial charge in [0.1, 0.15) is 5.75 Å². The van der Waals surface area contributed by atoms with Gasteiger partial charge in [-0.3, -0.25) is 0 Å². The fourth-order valence-electron chi connectivity index (χ4n) is 3.83. The number of aromatic hydroxyl groups is 1. The molecule has 0 unspecified atom stereocenters. The summed E-state index contributed by atoms with van der Waals surface area (Å²) in [6.45, 7) is 0.666. The van der Waals surface area contributed by atoms with Crippen molar-refractivity contribution in [1.82, 2.24) is 0 Å². The van der Waals surface area contributed by atoms with E-state index >= 15 is 0 Å². The lowest BCUT2D eigenvalue weighted by Gasteiger charge is -2.30. The van der Waals surface area contributed by atoms with E-state index in [9.17, 15) is 5.11 Å². The average molecular weight is 245 g/mol. The van der Waals surface area contributed by atoms with Crippen LogP contribution in [0.15, 0.2) is 12.1 Å². The first-order valence-corrected chi connectivity index (χ1v) is 7.30. The predicted molar refractivity (Wildman–Crippen MR) is 73.9 cm³/mol. The summed E-state index contributed by atoms with van der Waals surface area (Å²) >= 11 is 0. The van der Waals surface area contributed by atoms with Crippen LogP contribution < -0.4 is 5.73 Å². The van der Waals surface area contributed by atoms with Gasteiger partial charge in [0.15, 0.2) is 0 Å². The molecule has 2 aliphatic carbocycles. The first-order chi connectivity index (χ1) is 8.75. The molecule has 2 heteroatoms. The molecule has 0 heterocycles. The maximum Gasteiger partial charge on any atom is 0.119 e. The van der Waals surface area contributed by atoms with Gasteiger partial charge >= 0.3 is 0 Å². The Morgan fingerprint density at radius 2 is 1.61 bits per heavy atom. The molecule has 2 nitrogen and oxygen atoms in total. The molecule has 3 N–H and O–H groups in total. The van der Waals surface area contributed by atoms with E-state index in [0.29, 0.717) is 12.3 Å². The Hall–Kier alpha value is -1.02. The number of rotatable bonds is 2. The van der Waals surface area contributed by atoms with Crippen molar-refractivity contribution >= 4 is 0 Å². The SMILES string of the molecule is NCC1(c2cc3c(cc2O)CCCC3)CCCC1. The molecule has 98 valence electrons. The molecular weight excluding hydrogens is 222 g/mol. The lowest BCUT2D eigenvalue weighted by molar-refractivity contribution is 0.404. The molecule has 1 saturated carbocycles. The van der Waals surface area contributed by atoms with Crippen LogP contribution in [-0.2, 0) is 18.3 Å². The lowest BCUT2D eigenvalue weighted by Crippen LogP contribution is -2.32. The number of aryl methyl sites for hydroxylation is 2. The number of nitrogens with two attached hydrogens (primary N) is 1. The highest BCUT2D eigenvalue weighted by atomic mass is 16.3. The van der Waals surface area contributed by atoms with E-state index in [1.807, 2.05) is 6.07 Å². The van der Waals surface area contributed by atoms with Gasteiger partial charge in [0.05, 0.1) is 0 Å². The van der Waals surface area contributed by atoms with Gasteiger partial charge in [0, 0.05) is 17.5 Å². The van der Waals surface area contributed by atoms with Crippen LogP contribution in [0.2, 0.25) is 0 Å². The van der Waals surface area contributed by atoms with Crippen molar-refractivity contribution in [3.05, 3.63) is 28.8 Å². The normalized spacial score (nSPS) is 21.8. The molecule has 3 rings (SSSR count). The molecule has 0 bridgehead atoms. The van der Waals surface area contributed by atoms with Crippen LogP contribution in [0.3, 0.4) is 0 Å². The van der Waals surface area contributed by atoms with Gasteiger partial charge in [0.25, 0.3) is 0 Å². The molecule has 0 amide bonds. The van der Waals surface area contributed by atoms with Gasteiger partial charge < -0.3 is 10.8 Å². The fraction of sp³-hybridized carbons (Fsp3) is 0.625. The Balaban J connectivity index is 2.05. The van der Waals surface area contributed by atoms with E-state index < -0.39 is 0 Å². The lowest BCUT2D eigenvalue weighted by atomic mass is 9.76. The largest absolute Gasteiger partial charge is 0.508 e. The van der Waals surface area contributed by atoms with Crippen LogP contribution >= 0.6 is 0 Å². The second-order valence-corrected chi connectivity index (χ2v) is 6.04. The summed E-state index contributed by atoms with van der Waals surface area (Å²) in [5.41, 5.74) is 10.0. The number of phenolic OH excluding ortho intramolecular Hbond substituents is 1. The van der Waals surface area contributed by atoms with E-state index in [1.54, 1.807) is 0 Å². The maximum atomic E-state index is 10.4. The zero-order valence-corrected chi connectivity index (χ0v) is 11.0. The third-order valence-corrected chi connectivity index (χ3v) is 4.98. The smallest absolute Gasteiger partial charge is 0.119 e. The Labute approximate surface area is 109 Å². The third kappa shape index (κ3) is 1.83. The van der Waals surface area contributed by atoms with Crippen molar-refractivity contribution in [2.24, 2.45) is 5.73 Å². The summed E-state index contributed by atoms with van der Waals surface area (Å²) in [6.07, 6.45) is 9.59. The number of benzene rings is 1. The highest BCUT2D eigenvalue weighted by Crippen LogP contribution is 2.45. The van der Waals surface area contributed by atoms with Crippen molar-refractivity contribution in [3.8, 4) is 5.75 Å². The minimum absolute atomic E-state index is 0.0521. The number of fused-ring (bicyclic) bond motifs is 1. The average Bonchev–Trinajstić information content (AvgIpc) is 2.88. The van der Waals surface area contributed by atoms with Crippen LogP contribution in [-0.4, -0.2) is 11.7 Å². The summed E-state index contributed by atoms with van der Waals surface area (Å²) in [5, 5.41) is 10.4. The predicted octanol–water partition coefficient (Wildman–Crippen LogP) is 3.04. The van der Waals surface area contributed by atoms with Crippen LogP contribution in [0.5, 0.6) is 5.75 Å². The van der Waals surface area contributed by atoms with Crippen LogP contribution in [0.25, 0.3) is 0 Å². The Kier molecular flexibility index (Phi) is 3.06. The molecule has 0 saturated heterocycles. The molecular formula is C16H23NO. The van der Waals surface area contributed by atoms with Crippen molar-refractivity contribution in [3.63, 3.8) is 0 Å². The molecule has 2 aliphatic rings. The fourth-order valence-corrected chi connectivity index (χ4v) is 3.83. The van der Waals surface area contributed by atoms with E-state index in [1.165, 1.54) is 43.2 Å². The van der Waals surface area contributed by atoms with Gasteiger partial charge in [-0.05, 0) is 55.7 Å². The van der Waals surface area contributed by atoms with Crippen molar-refractivity contribution < 1.29 is 5.11 Å². The topological polar surface area (TPSA) is 46.2 Å². The molecule has 0 aromatic heterocycles. The Morgan fingerprint density at radius 1 is 1.00 bits per heavy atom. The highest BCUT2D eigenvalue weighted by Gasteiger charge is 2.36. The quantitative estimate of drug-likeness (QED) is 0.841. The number of phenols is 1. The summed E-state index contributed by atoms with van der Waals surface area (Å²) in [6, 6.07) is 4.28. The third-order valence-electron chi connectivity index (χ3n) is 4.98. The molecule has 0 aliphatic heterocycles. The molecule has 0 atom stereocenters. The van der Waals surface area contributed by atoms with E-state index in [2.05, 4.69) is 6.07 Å². The summed E-state index contributed by atoms with van der Waals surface area (Å²) < 4.78 is 0. The monoisotopic (exact) mass is 245 g/mol. The minimum atomic E-state index is 0.0521. The van der Waals surface area contributed by atoms with E-state index in [4.69, 9.17) is 5.73 Å². The van der Waals surface area contributed by atoms with Crippen LogP contribution in [0.4, 0.5) is 0 Å². The zero-order valence-electron chi connectivity index (χ0n) is 11.0. The van der Waals surface area contributed by atoms with Gasteiger partial charge in [-0.25, -0.2) is 0 Å². The second kappa shape index (κ2) is 4.58. The molecule has 1 aromatic rings. The second-order valence-electron chi connectivity index (χ2n) is 6.04. The van der Waals surface area contributed by atoms with Gasteiger partial charge in [-0.1, -0.05) is 18.9 Å². The van der Waals surface area contributed by atoms with E-state index in [-0.39, 0.29) is 5.41 Å². The van der Waals surface area contributed by atoms with Gasteiger partial charge in [0.2, 0.25) is 0 Å².